The smallest absolute Gasteiger partial charge is 0.407 e. The Morgan fingerprint density at radius 3 is 2.41 bits per heavy atom. The number of carbonyl (C=O) groups is 1. The number of nitrogens with two attached hydrogens (primary N) is 1. The number of aromatic nitrogens is 2. The molecule has 0 radical (unpaired) electrons. The van der Waals surface area contributed by atoms with Crippen LogP contribution in [0.15, 0.2) is 17.1 Å². The molecule has 0 spiro atoms. The van der Waals surface area contributed by atoms with Crippen LogP contribution in [-0.4, -0.2) is 51.3 Å². The lowest BCUT2D eigenvalue weighted by molar-refractivity contribution is 0.0471. The number of nitrogen functional groups attached to an aromatic ring is 1. The summed E-state index contributed by atoms with van der Waals surface area (Å²) in [6.45, 7) is 10.1. The predicted octanol–water partition coefficient (Wildman–Crippen LogP) is 3.71. The third kappa shape index (κ3) is 6.95. The van der Waals surface area contributed by atoms with Crippen molar-refractivity contribution in [3.63, 3.8) is 0 Å². The first-order valence-corrected chi connectivity index (χ1v) is 12.2. The van der Waals surface area contributed by atoms with E-state index in [0.29, 0.717) is 12.0 Å². The first kappa shape index (κ1) is 24.6. The predicted molar refractivity (Wildman–Crippen MR) is 127 cm³/mol. The van der Waals surface area contributed by atoms with Crippen LogP contribution in [0.5, 0.6) is 0 Å². The fraction of sp³-hybridized carbons (Fsp3) is 0.792. The monoisotopic (exact) mass is 447 g/mol. The van der Waals surface area contributed by atoms with E-state index in [-0.39, 0.29) is 29.7 Å². The van der Waals surface area contributed by atoms with Gasteiger partial charge in [0.15, 0.2) is 0 Å². The van der Waals surface area contributed by atoms with Crippen molar-refractivity contribution in [1.29, 1.82) is 0 Å². The Kier molecular flexibility index (Phi) is 8.20. The van der Waals surface area contributed by atoms with E-state index in [1.165, 1.54) is 0 Å². The summed E-state index contributed by atoms with van der Waals surface area (Å²) in [4.78, 5) is 30.7. The molecule has 2 aliphatic carbocycles. The van der Waals surface area contributed by atoms with Gasteiger partial charge in [-0.25, -0.2) is 9.59 Å². The molecule has 2 saturated carbocycles. The first-order chi connectivity index (χ1) is 15.1. The van der Waals surface area contributed by atoms with Gasteiger partial charge in [-0.1, -0.05) is 6.92 Å². The Morgan fingerprint density at radius 1 is 1.19 bits per heavy atom. The Bertz CT molecular complexity index is 803. The van der Waals surface area contributed by atoms with Crippen molar-refractivity contribution >= 4 is 11.9 Å². The molecule has 0 aromatic carbocycles. The third-order valence-corrected chi connectivity index (χ3v) is 6.89. The van der Waals surface area contributed by atoms with Crippen LogP contribution >= 0.6 is 0 Å². The lowest BCUT2D eigenvalue weighted by atomic mass is 9.84. The van der Waals surface area contributed by atoms with Gasteiger partial charge in [0.2, 0.25) is 0 Å². The van der Waals surface area contributed by atoms with Crippen LogP contribution in [0, 0.1) is 5.92 Å². The molecule has 2 fully saturated rings. The van der Waals surface area contributed by atoms with E-state index in [2.05, 4.69) is 22.1 Å². The molecule has 0 unspecified atom stereocenters. The van der Waals surface area contributed by atoms with Gasteiger partial charge in [0.1, 0.15) is 11.4 Å². The second kappa shape index (κ2) is 10.7. The van der Waals surface area contributed by atoms with Gasteiger partial charge in [0.25, 0.3) is 0 Å². The van der Waals surface area contributed by atoms with Crippen LogP contribution in [0.25, 0.3) is 0 Å². The number of amides is 1. The maximum atomic E-state index is 12.1. The topological polar surface area (TPSA) is 102 Å². The van der Waals surface area contributed by atoms with Crippen LogP contribution in [0.1, 0.15) is 85.1 Å². The molecule has 0 aliphatic heterocycles. The van der Waals surface area contributed by atoms with Crippen molar-refractivity contribution in [3.05, 3.63) is 22.7 Å². The van der Waals surface area contributed by atoms with E-state index in [0.717, 1.165) is 64.5 Å². The van der Waals surface area contributed by atoms with E-state index in [1.54, 1.807) is 16.8 Å². The minimum atomic E-state index is -0.461. The van der Waals surface area contributed by atoms with Gasteiger partial charge in [0, 0.05) is 30.9 Å². The number of alkyl carbamates (subject to hydrolysis) is 1. The molecule has 32 heavy (non-hydrogen) atoms. The van der Waals surface area contributed by atoms with Crippen LogP contribution in [-0.2, 0) is 4.74 Å². The molecule has 1 aromatic rings. The summed E-state index contributed by atoms with van der Waals surface area (Å²) in [6.07, 6.45) is 9.99. The van der Waals surface area contributed by atoms with Crippen molar-refractivity contribution in [2.75, 3.05) is 18.8 Å². The molecule has 1 heterocycles. The number of carbonyl (C=O) groups excluding carboxylic acids is 1. The Labute approximate surface area is 191 Å². The second-order valence-electron chi connectivity index (χ2n) is 10.5. The zero-order chi connectivity index (χ0) is 23.3. The fourth-order valence-electron chi connectivity index (χ4n) is 5.24. The van der Waals surface area contributed by atoms with Gasteiger partial charge in [-0.3, -0.25) is 4.57 Å². The van der Waals surface area contributed by atoms with Crippen LogP contribution in [0.2, 0.25) is 0 Å². The Balaban J connectivity index is 1.43. The Morgan fingerprint density at radius 2 is 1.84 bits per heavy atom. The molecule has 3 rings (SSSR count). The van der Waals surface area contributed by atoms with Crippen molar-refractivity contribution in [3.8, 4) is 0 Å². The van der Waals surface area contributed by atoms with Gasteiger partial charge in [0.05, 0.1) is 0 Å². The number of nitrogens with one attached hydrogen (secondary N) is 1. The highest BCUT2D eigenvalue weighted by Gasteiger charge is 2.30. The number of ether oxygens (including phenoxy) is 1. The maximum absolute atomic E-state index is 12.1. The summed E-state index contributed by atoms with van der Waals surface area (Å²) in [5.41, 5.74) is 4.92. The van der Waals surface area contributed by atoms with Gasteiger partial charge < -0.3 is 20.7 Å². The first-order valence-electron chi connectivity index (χ1n) is 12.2. The van der Waals surface area contributed by atoms with Crippen molar-refractivity contribution < 1.29 is 9.53 Å². The van der Waals surface area contributed by atoms with Crippen molar-refractivity contribution in [1.82, 2.24) is 19.8 Å². The normalized spacial score (nSPS) is 26.7. The molecular weight excluding hydrogens is 406 g/mol. The molecule has 0 bridgehead atoms. The van der Waals surface area contributed by atoms with E-state index in [1.807, 2.05) is 20.8 Å². The third-order valence-electron chi connectivity index (χ3n) is 6.89. The lowest BCUT2D eigenvalue weighted by Crippen LogP contribution is -2.46. The molecule has 8 heteroatoms. The van der Waals surface area contributed by atoms with Gasteiger partial charge >= 0.3 is 11.8 Å². The largest absolute Gasteiger partial charge is 0.444 e. The zero-order valence-corrected chi connectivity index (χ0v) is 20.2. The molecule has 2 aliphatic rings. The SMILES string of the molecule is CCN(C[C@H]1CC[C@H](n2ccc(N)nc2=O)CC1)[C@H]1CC[C@H](NC(=O)OC(C)(C)C)CC1. The highest BCUT2D eigenvalue weighted by atomic mass is 16.6. The number of hydrogen-bond acceptors (Lipinski definition) is 6. The molecule has 1 amide bonds. The van der Waals surface area contributed by atoms with Crippen molar-refractivity contribution in [2.24, 2.45) is 5.92 Å². The summed E-state index contributed by atoms with van der Waals surface area (Å²) in [6, 6.07) is 2.73. The summed E-state index contributed by atoms with van der Waals surface area (Å²) in [7, 11) is 0. The van der Waals surface area contributed by atoms with E-state index < -0.39 is 5.60 Å². The van der Waals surface area contributed by atoms with Crippen LogP contribution < -0.4 is 16.7 Å². The molecule has 0 saturated heterocycles. The molecule has 8 nitrogen and oxygen atoms in total. The van der Waals surface area contributed by atoms with Crippen LogP contribution in [0.4, 0.5) is 10.6 Å². The fourth-order valence-corrected chi connectivity index (χ4v) is 5.24. The van der Waals surface area contributed by atoms with Crippen molar-refractivity contribution in [2.45, 2.75) is 103 Å². The summed E-state index contributed by atoms with van der Waals surface area (Å²) < 4.78 is 7.15. The summed E-state index contributed by atoms with van der Waals surface area (Å²) >= 11 is 0. The maximum Gasteiger partial charge on any atom is 0.407 e. The average molecular weight is 448 g/mol. The number of hydrogen-bond donors (Lipinski definition) is 2. The number of anilines is 1. The summed E-state index contributed by atoms with van der Waals surface area (Å²) in [5.74, 6) is 0.954. The average Bonchev–Trinajstić information content (AvgIpc) is 2.72. The van der Waals surface area contributed by atoms with Gasteiger partial charge in [-0.2, -0.15) is 4.98 Å². The van der Waals surface area contributed by atoms with E-state index in [9.17, 15) is 9.59 Å². The summed E-state index contributed by atoms with van der Waals surface area (Å²) in [5, 5.41) is 3.04. The standard InChI is InChI=1S/C24H41N5O3/c1-5-28(19-12-8-18(9-13-19)26-23(31)32-24(2,3)4)16-17-6-10-20(11-7-17)29-15-14-21(25)27-22(29)30/h14-15,17-20H,5-13,16H2,1-4H3,(H,26,31)(H2,25,27,30)/t17-,18-,19-,20-. The van der Waals surface area contributed by atoms with Crippen LogP contribution in [0.3, 0.4) is 0 Å². The quantitative estimate of drug-likeness (QED) is 0.689. The number of rotatable bonds is 6. The zero-order valence-electron chi connectivity index (χ0n) is 20.2. The number of nitrogens with zero attached hydrogens (tertiary/aromatic N) is 3. The molecule has 1 aromatic heterocycles. The van der Waals surface area contributed by atoms with Gasteiger partial charge in [-0.05, 0) is 90.7 Å². The van der Waals surface area contributed by atoms with Gasteiger partial charge in [-0.15, -0.1) is 0 Å². The Hall–Kier alpha value is -2.09. The molecular formula is C24H41N5O3. The molecule has 0 atom stereocenters. The second-order valence-corrected chi connectivity index (χ2v) is 10.5. The van der Waals surface area contributed by atoms with E-state index >= 15 is 0 Å². The minimum absolute atomic E-state index is 0.210. The lowest BCUT2D eigenvalue weighted by Gasteiger charge is -2.39. The highest BCUT2D eigenvalue weighted by molar-refractivity contribution is 5.68. The van der Waals surface area contributed by atoms with E-state index in [4.69, 9.17) is 10.5 Å². The highest BCUT2D eigenvalue weighted by Crippen LogP contribution is 2.33. The minimum Gasteiger partial charge on any atom is -0.444 e. The molecule has 180 valence electrons. The molecule has 3 N–H and O–H groups in total.